The Morgan fingerprint density at radius 1 is 1.14 bits per heavy atom. The van der Waals surface area contributed by atoms with Gasteiger partial charge in [-0.05, 0) is 36.5 Å². The van der Waals surface area contributed by atoms with E-state index >= 15 is 0 Å². The summed E-state index contributed by atoms with van der Waals surface area (Å²) < 4.78 is 0. The van der Waals surface area contributed by atoms with Crippen LogP contribution in [0.5, 0.6) is 0 Å². The van der Waals surface area contributed by atoms with E-state index in [1.807, 2.05) is 0 Å². The molecule has 1 saturated heterocycles. The molecule has 1 saturated carbocycles. The predicted octanol–water partition coefficient (Wildman–Crippen LogP) is 4.02. The summed E-state index contributed by atoms with van der Waals surface area (Å²) in [5, 5.41) is 0.910. The summed E-state index contributed by atoms with van der Waals surface area (Å²) in [5.41, 5.74) is 1.41. The molecule has 0 bridgehead atoms. The average Bonchev–Trinajstić information content (AvgIpc) is 2.54. The van der Waals surface area contributed by atoms with Crippen LogP contribution >= 0.6 is 11.8 Å². The Morgan fingerprint density at radius 2 is 1.93 bits per heavy atom. The number of hydrogen-bond donors (Lipinski definition) is 0. The van der Waals surface area contributed by atoms with Crippen molar-refractivity contribution in [2.24, 2.45) is 10.8 Å². The van der Waals surface area contributed by atoms with Crippen LogP contribution < -0.4 is 0 Å². The van der Waals surface area contributed by atoms with Gasteiger partial charge in [0, 0.05) is 11.0 Å². The number of hydrogen-bond acceptors (Lipinski definition) is 1. The second kappa shape index (κ2) is 3.04. The first-order valence-corrected chi connectivity index (χ1v) is 7.11. The number of rotatable bonds is 0. The van der Waals surface area contributed by atoms with Crippen LogP contribution in [0.4, 0.5) is 0 Å². The third-order valence-corrected chi connectivity index (χ3v) is 6.80. The second-order valence-electron chi connectivity index (χ2n) is 5.48. The molecule has 3 aliphatic rings. The highest BCUT2D eigenvalue weighted by Crippen LogP contribution is 2.67. The van der Waals surface area contributed by atoms with Gasteiger partial charge in [0.25, 0.3) is 0 Å². The van der Waals surface area contributed by atoms with Gasteiger partial charge in [0.15, 0.2) is 0 Å². The minimum atomic E-state index is 0.699. The molecule has 0 aromatic heterocycles. The molecule has 2 fully saturated rings. The lowest BCUT2D eigenvalue weighted by Crippen LogP contribution is -2.47. The summed E-state index contributed by atoms with van der Waals surface area (Å²) >= 11 is 2.25. The molecule has 14 heavy (non-hydrogen) atoms. The molecule has 78 valence electrons. The predicted molar refractivity (Wildman–Crippen MR) is 63.6 cm³/mol. The van der Waals surface area contributed by atoms with Crippen molar-refractivity contribution in [2.75, 3.05) is 5.75 Å². The Bertz CT molecular complexity index is 266. The second-order valence-corrected chi connectivity index (χ2v) is 6.81. The van der Waals surface area contributed by atoms with Crippen molar-refractivity contribution in [3.8, 4) is 0 Å². The highest BCUT2D eigenvalue weighted by Gasteiger charge is 2.59. The average molecular weight is 208 g/mol. The Hall–Kier alpha value is 0.0900. The first-order valence-electron chi connectivity index (χ1n) is 6.06. The van der Waals surface area contributed by atoms with E-state index in [4.69, 9.17) is 0 Å². The summed E-state index contributed by atoms with van der Waals surface area (Å²) in [5.74, 6) is 1.44. The van der Waals surface area contributed by atoms with E-state index in [1.54, 1.807) is 0 Å². The van der Waals surface area contributed by atoms with Gasteiger partial charge in [-0.25, -0.2) is 0 Å². The minimum Gasteiger partial charge on any atom is -0.158 e. The maximum Gasteiger partial charge on any atom is 0.00840 e. The van der Waals surface area contributed by atoms with Gasteiger partial charge in [0.2, 0.25) is 0 Å². The van der Waals surface area contributed by atoms with Gasteiger partial charge in [-0.15, -0.1) is 0 Å². The summed E-state index contributed by atoms with van der Waals surface area (Å²) in [6.07, 6.45) is 13.7. The van der Waals surface area contributed by atoms with Crippen molar-refractivity contribution >= 4 is 11.8 Å². The van der Waals surface area contributed by atoms with Crippen LogP contribution in [0.2, 0.25) is 0 Å². The summed E-state index contributed by atoms with van der Waals surface area (Å²) in [4.78, 5) is 0. The Balaban J connectivity index is 2.05. The first kappa shape index (κ1) is 9.33. The first-order chi connectivity index (χ1) is 6.79. The largest absolute Gasteiger partial charge is 0.158 e. The van der Waals surface area contributed by atoms with E-state index in [9.17, 15) is 0 Å². The fourth-order valence-corrected chi connectivity index (χ4v) is 6.07. The SMILES string of the molecule is C[C@@H]1SC[C@@]23CC=CC[C@]12CCCC3. The molecule has 1 aliphatic heterocycles. The smallest absolute Gasteiger partial charge is 0.00840 e. The van der Waals surface area contributed by atoms with E-state index in [1.165, 1.54) is 44.3 Å². The molecule has 2 aliphatic carbocycles. The Kier molecular flexibility index (Phi) is 2.02. The molecule has 0 unspecified atom stereocenters. The summed E-state index contributed by atoms with van der Waals surface area (Å²) in [6.45, 7) is 2.48. The summed E-state index contributed by atoms with van der Waals surface area (Å²) in [7, 11) is 0. The Labute approximate surface area is 91.5 Å². The van der Waals surface area contributed by atoms with E-state index in [0.29, 0.717) is 10.8 Å². The number of thioether (sulfide) groups is 1. The standard InChI is InChI=1S/C13H20S/c1-11-13-8-4-2-6-12(13,10-14-11)7-3-5-9-13/h2,4,11H,3,5-10H2,1H3/t11-,12-,13-/m0/s1. The van der Waals surface area contributed by atoms with E-state index in [-0.39, 0.29) is 0 Å². The summed E-state index contributed by atoms with van der Waals surface area (Å²) in [6, 6.07) is 0. The van der Waals surface area contributed by atoms with Crippen molar-refractivity contribution in [1.82, 2.24) is 0 Å². The van der Waals surface area contributed by atoms with Crippen LogP contribution in [-0.2, 0) is 0 Å². The number of allylic oxidation sites excluding steroid dienone is 2. The molecule has 3 rings (SSSR count). The molecule has 0 aromatic carbocycles. The van der Waals surface area contributed by atoms with Crippen LogP contribution in [0.15, 0.2) is 12.2 Å². The molecule has 1 heterocycles. The van der Waals surface area contributed by atoms with Crippen molar-refractivity contribution in [3.05, 3.63) is 12.2 Å². The molecule has 0 radical (unpaired) electrons. The van der Waals surface area contributed by atoms with Gasteiger partial charge < -0.3 is 0 Å². The third-order valence-electron chi connectivity index (χ3n) is 5.13. The van der Waals surface area contributed by atoms with Crippen molar-refractivity contribution in [3.63, 3.8) is 0 Å². The molecule has 3 atom stereocenters. The van der Waals surface area contributed by atoms with Crippen LogP contribution in [0, 0.1) is 10.8 Å². The zero-order valence-corrected chi connectivity index (χ0v) is 9.91. The molecule has 0 spiro atoms. The normalized spacial score (nSPS) is 51.4. The third kappa shape index (κ3) is 0.973. The van der Waals surface area contributed by atoms with Crippen molar-refractivity contribution in [2.45, 2.75) is 50.7 Å². The monoisotopic (exact) mass is 208 g/mol. The quantitative estimate of drug-likeness (QED) is 0.542. The van der Waals surface area contributed by atoms with E-state index in [0.717, 1.165) is 5.25 Å². The molecule has 0 nitrogen and oxygen atoms in total. The van der Waals surface area contributed by atoms with Crippen LogP contribution in [0.3, 0.4) is 0 Å². The van der Waals surface area contributed by atoms with Crippen LogP contribution in [0.1, 0.15) is 45.4 Å². The fourth-order valence-electron chi connectivity index (χ4n) is 4.16. The molecular formula is C13H20S. The molecule has 0 N–H and O–H groups in total. The van der Waals surface area contributed by atoms with Crippen molar-refractivity contribution in [1.29, 1.82) is 0 Å². The zero-order chi connectivity index (χ0) is 9.65. The van der Waals surface area contributed by atoms with Gasteiger partial charge in [-0.2, -0.15) is 11.8 Å². The highest BCUT2D eigenvalue weighted by molar-refractivity contribution is 8.00. The highest BCUT2D eigenvalue weighted by atomic mass is 32.2. The molecule has 0 aromatic rings. The molecule has 1 heteroatoms. The van der Waals surface area contributed by atoms with Crippen molar-refractivity contribution < 1.29 is 0 Å². The lowest BCUT2D eigenvalue weighted by Gasteiger charge is -2.52. The van der Waals surface area contributed by atoms with Gasteiger partial charge in [0.05, 0.1) is 0 Å². The molecular weight excluding hydrogens is 188 g/mol. The lowest BCUT2D eigenvalue weighted by molar-refractivity contribution is 0.0155. The van der Waals surface area contributed by atoms with Crippen LogP contribution in [-0.4, -0.2) is 11.0 Å². The maximum atomic E-state index is 2.48. The van der Waals surface area contributed by atoms with Gasteiger partial charge in [-0.1, -0.05) is 31.9 Å². The van der Waals surface area contributed by atoms with Gasteiger partial charge in [0.1, 0.15) is 0 Å². The van der Waals surface area contributed by atoms with E-state index in [2.05, 4.69) is 30.8 Å². The fraction of sp³-hybridized carbons (Fsp3) is 0.846. The Morgan fingerprint density at radius 3 is 2.79 bits per heavy atom. The maximum absolute atomic E-state index is 2.48. The lowest BCUT2D eigenvalue weighted by atomic mass is 9.51. The minimum absolute atomic E-state index is 0.699. The van der Waals surface area contributed by atoms with Gasteiger partial charge in [-0.3, -0.25) is 0 Å². The molecule has 0 amide bonds. The van der Waals surface area contributed by atoms with Crippen LogP contribution in [0.25, 0.3) is 0 Å². The zero-order valence-electron chi connectivity index (χ0n) is 9.09. The van der Waals surface area contributed by atoms with Gasteiger partial charge >= 0.3 is 0 Å². The topological polar surface area (TPSA) is 0 Å². The van der Waals surface area contributed by atoms with E-state index < -0.39 is 0 Å².